The summed E-state index contributed by atoms with van der Waals surface area (Å²) in [5.74, 6) is 0.878. The Kier molecular flexibility index (Phi) is 4.59. The summed E-state index contributed by atoms with van der Waals surface area (Å²) in [6, 6.07) is 0. The van der Waals surface area contributed by atoms with E-state index >= 15 is 0 Å². The lowest BCUT2D eigenvalue weighted by Crippen LogP contribution is -2.73. The van der Waals surface area contributed by atoms with E-state index in [9.17, 15) is 0 Å². The van der Waals surface area contributed by atoms with E-state index < -0.39 is 0 Å². The maximum atomic E-state index is 6.70. The Hall–Kier alpha value is -0.120. The predicted octanol–water partition coefficient (Wildman–Crippen LogP) is 2.64. The highest BCUT2D eigenvalue weighted by atomic mass is 16.5. The van der Waals surface area contributed by atoms with Gasteiger partial charge in [-0.05, 0) is 38.6 Å². The van der Waals surface area contributed by atoms with Crippen molar-refractivity contribution in [3.8, 4) is 0 Å². The molecule has 0 aromatic rings. The molecule has 1 saturated carbocycles. The number of piperidine rings is 1. The molecular formula is C16H32N2O. The number of rotatable bonds is 5. The SMILES string of the molecule is CCOC1CC(N)(CN2CCCC(CC)C2)C1(C)C. The van der Waals surface area contributed by atoms with Gasteiger partial charge < -0.3 is 15.4 Å². The summed E-state index contributed by atoms with van der Waals surface area (Å²) in [4.78, 5) is 2.60. The van der Waals surface area contributed by atoms with Gasteiger partial charge in [-0.25, -0.2) is 0 Å². The Balaban J connectivity index is 1.92. The first-order valence-corrected chi connectivity index (χ1v) is 8.05. The van der Waals surface area contributed by atoms with Crippen molar-refractivity contribution < 1.29 is 4.74 Å². The standard InChI is InChI=1S/C16H32N2O/c1-5-13-8-7-9-18(11-13)12-16(17)10-14(19-6-2)15(16,3)4/h13-14H,5-12,17H2,1-4H3. The van der Waals surface area contributed by atoms with Crippen molar-refractivity contribution in [1.29, 1.82) is 0 Å². The van der Waals surface area contributed by atoms with E-state index in [4.69, 9.17) is 10.5 Å². The van der Waals surface area contributed by atoms with Crippen LogP contribution in [0.5, 0.6) is 0 Å². The van der Waals surface area contributed by atoms with Crippen molar-refractivity contribution in [3.63, 3.8) is 0 Å². The van der Waals surface area contributed by atoms with Gasteiger partial charge in [-0.15, -0.1) is 0 Å². The van der Waals surface area contributed by atoms with Crippen LogP contribution < -0.4 is 5.73 Å². The minimum Gasteiger partial charge on any atom is -0.378 e. The van der Waals surface area contributed by atoms with Gasteiger partial charge in [0.1, 0.15) is 0 Å². The molecule has 0 spiro atoms. The van der Waals surface area contributed by atoms with E-state index in [1.165, 1.54) is 32.4 Å². The Morgan fingerprint density at radius 1 is 1.32 bits per heavy atom. The molecule has 2 aliphatic rings. The first-order chi connectivity index (χ1) is 8.93. The summed E-state index contributed by atoms with van der Waals surface area (Å²) >= 11 is 0. The molecule has 2 N–H and O–H groups in total. The maximum absolute atomic E-state index is 6.70. The van der Waals surface area contributed by atoms with E-state index in [1.54, 1.807) is 0 Å². The summed E-state index contributed by atoms with van der Waals surface area (Å²) in [6.45, 7) is 13.2. The average Bonchev–Trinajstić information content (AvgIpc) is 2.38. The fourth-order valence-corrected chi connectivity index (χ4v) is 3.80. The monoisotopic (exact) mass is 268 g/mol. The molecular weight excluding hydrogens is 236 g/mol. The molecule has 2 fully saturated rings. The van der Waals surface area contributed by atoms with Gasteiger partial charge in [0.05, 0.1) is 6.10 Å². The number of nitrogens with two attached hydrogens (primary N) is 1. The van der Waals surface area contributed by atoms with Crippen LogP contribution in [0.3, 0.4) is 0 Å². The zero-order valence-corrected chi connectivity index (χ0v) is 13.2. The Bertz CT molecular complexity index is 305. The molecule has 0 aromatic heterocycles. The molecule has 1 aliphatic carbocycles. The quantitative estimate of drug-likeness (QED) is 0.833. The van der Waals surface area contributed by atoms with Gasteiger partial charge in [-0.3, -0.25) is 0 Å². The molecule has 0 aromatic carbocycles. The minimum atomic E-state index is -0.0670. The van der Waals surface area contributed by atoms with Crippen LogP contribution in [-0.4, -0.2) is 42.8 Å². The van der Waals surface area contributed by atoms with Gasteiger partial charge in [-0.1, -0.05) is 27.2 Å². The van der Waals surface area contributed by atoms with Crippen molar-refractivity contribution in [2.75, 3.05) is 26.2 Å². The largest absolute Gasteiger partial charge is 0.378 e. The number of ether oxygens (including phenoxy) is 1. The van der Waals surface area contributed by atoms with Crippen molar-refractivity contribution in [3.05, 3.63) is 0 Å². The second-order valence-corrected chi connectivity index (χ2v) is 7.18. The smallest absolute Gasteiger partial charge is 0.0662 e. The van der Waals surface area contributed by atoms with Crippen molar-refractivity contribution in [2.45, 2.75) is 65.0 Å². The number of likely N-dealkylation sites (tertiary alicyclic amines) is 1. The van der Waals surface area contributed by atoms with Gasteiger partial charge in [0.2, 0.25) is 0 Å². The van der Waals surface area contributed by atoms with Crippen LogP contribution in [0.2, 0.25) is 0 Å². The molecule has 1 heterocycles. The Morgan fingerprint density at radius 3 is 2.63 bits per heavy atom. The predicted molar refractivity (Wildman–Crippen MR) is 80.2 cm³/mol. The number of nitrogens with zero attached hydrogens (tertiary/aromatic N) is 1. The third-order valence-electron chi connectivity index (χ3n) is 5.69. The summed E-state index contributed by atoms with van der Waals surface area (Å²) in [5, 5.41) is 0. The summed E-state index contributed by atoms with van der Waals surface area (Å²) in [7, 11) is 0. The van der Waals surface area contributed by atoms with Crippen molar-refractivity contribution in [1.82, 2.24) is 4.90 Å². The molecule has 3 unspecified atom stereocenters. The third-order valence-corrected chi connectivity index (χ3v) is 5.69. The van der Waals surface area contributed by atoms with Crippen LogP contribution in [0.25, 0.3) is 0 Å². The summed E-state index contributed by atoms with van der Waals surface area (Å²) < 4.78 is 5.82. The summed E-state index contributed by atoms with van der Waals surface area (Å²) in [5.41, 5.74) is 6.73. The van der Waals surface area contributed by atoms with Crippen LogP contribution in [0.4, 0.5) is 0 Å². The van der Waals surface area contributed by atoms with Crippen LogP contribution >= 0.6 is 0 Å². The van der Waals surface area contributed by atoms with E-state index in [2.05, 4.69) is 32.6 Å². The molecule has 0 bridgehead atoms. The Morgan fingerprint density at radius 2 is 2.05 bits per heavy atom. The fourth-order valence-electron chi connectivity index (χ4n) is 3.80. The highest BCUT2D eigenvalue weighted by Crippen LogP contribution is 2.50. The molecule has 0 amide bonds. The number of hydrogen-bond donors (Lipinski definition) is 1. The second kappa shape index (κ2) is 5.71. The first kappa shape index (κ1) is 15.3. The van der Waals surface area contributed by atoms with E-state index in [-0.39, 0.29) is 11.0 Å². The van der Waals surface area contributed by atoms with Crippen molar-refractivity contribution in [2.24, 2.45) is 17.1 Å². The zero-order valence-electron chi connectivity index (χ0n) is 13.2. The molecule has 3 atom stereocenters. The summed E-state index contributed by atoms with van der Waals surface area (Å²) in [6.07, 6.45) is 5.40. The molecule has 1 aliphatic heterocycles. The van der Waals surface area contributed by atoms with Crippen molar-refractivity contribution >= 4 is 0 Å². The van der Waals surface area contributed by atoms with Gasteiger partial charge >= 0.3 is 0 Å². The Labute approximate surface area is 118 Å². The van der Waals surface area contributed by atoms with Crippen LogP contribution in [0, 0.1) is 11.3 Å². The lowest BCUT2D eigenvalue weighted by Gasteiger charge is -2.60. The van der Waals surface area contributed by atoms with Crippen LogP contribution in [-0.2, 0) is 4.74 Å². The van der Waals surface area contributed by atoms with Gasteiger partial charge in [-0.2, -0.15) is 0 Å². The zero-order chi connectivity index (χ0) is 14.1. The highest BCUT2D eigenvalue weighted by Gasteiger charge is 2.58. The van der Waals surface area contributed by atoms with Gasteiger partial charge in [0, 0.05) is 30.7 Å². The van der Waals surface area contributed by atoms with E-state index in [0.29, 0.717) is 6.10 Å². The molecule has 19 heavy (non-hydrogen) atoms. The molecule has 1 saturated heterocycles. The lowest BCUT2D eigenvalue weighted by atomic mass is 9.54. The molecule has 3 nitrogen and oxygen atoms in total. The molecule has 3 heteroatoms. The highest BCUT2D eigenvalue weighted by molar-refractivity contribution is 5.14. The fraction of sp³-hybridized carbons (Fsp3) is 1.00. The molecule has 2 rings (SSSR count). The normalized spacial score (nSPS) is 39.0. The van der Waals surface area contributed by atoms with Gasteiger partial charge in [0.25, 0.3) is 0 Å². The van der Waals surface area contributed by atoms with Gasteiger partial charge in [0.15, 0.2) is 0 Å². The van der Waals surface area contributed by atoms with Crippen LogP contribution in [0.15, 0.2) is 0 Å². The third kappa shape index (κ3) is 2.84. The topological polar surface area (TPSA) is 38.5 Å². The first-order valence-electron chi connectivity index (χ1n) is 8.05. The maximum Gasteiger partial charge on any atom is 0.0662 e. The minimum absolute atomic E-state index is 0.0670. The van der Waals surface area contributed by atoms with Crippen LogP contribution in [0.1, 0.15) is 53.4 Å². The van der Waals surface area contributed by atoms with E-state index in [1.807, 2.05) is 0 Å². The lowest BCUT2D eigenvalue weighted by molar-refractivity contribution is -0.157. The second-order valence-electron chi connectivity index (χ2n) is 7.18. The number of hydrogen-bond acceptors (Lipinski definition) is 3. The average molecular weight is 268 g/mol. The molecule has 112 valence electrons. The van der Waals surface area contributed by atoms with E-state index in [0.717, 1.165) is 25.5 Å². The molecule has 0 radical (unpaired) electrons.